The number of hydrogen-bond donors (Lipinski definition) is 0. The van der Waals surface area contributed by atoms with E-state index in [1.807, 2.05) is 0 Å². The lowest BCUT2D eigenvalue weighted by Crippen LogP contribution is -2.57. The number of rotatable bonds is 5. The summed E-state index contributed by atoms with van der Waals surface area (Å²) in [5.74, 6) is -0.212. The third kappa shape index (κ3) is 4.65. The van der Waals surface area contributed by atoms with E-state index in [9.17, 15) is 21.6 Å². The Morgan fingerprint density at radius 1 is 1.04 bits per heavy atom. The number of piperazine rings is 1. The summed E-state index contributed by atoms with van der Waals surface area (Å²) >= 11 is 0. The molecule has 27 heavy (non-hydrogen) atoms. The number of carbonyl (C=O) groups is 1. The molecule has 8 nitrogen and oxygen atoms in total. The van der Waals surface area contributed by atoms with Crippen LogP contribution in [0.5, 0.6) is 0 Å². The zero-order valence-electron chi connectivity index (χ0n) is 16.0. The van der Waals surface area contributed by atoms with Crippen LogP contribution in [0.25, 0.3) is 0 Å². The first-order valence-electron chi connectivity index (χ1n) is 9.97. The highest BCUT2D eigenvalue weighted by Crippen LogP contribution is 2.24. The maximum absolute atomic E-state index is 13.0. The smallest absolute Gasteiger partial charge is 0.240 e. The maximum Gasteiger partial charge on any atom is 0.240 e. The highest BCUT2D eigenvalue weighted by Gasteiger charge is 2.42. The molecule has 0 bridgehead atoms. The monoisotopic (exact) mass is 421 g/mol. The number of hydrogen-bond acceptors (Lipinski definition) is 6. The summed E-state index contributed by atoms with van der Waals surface area (Å²) in [6.07, 6.45) is 4.25. The average Bonchev–Trinajstić information content (AvgIpc) is 3.03. The van der Waals surface area contributed by atoms with Gasteiger partial charge in [-0.15, -0.1) is 0 Å². The van der Waals surface area contributed by atoms with Gasteiger partial charge in [0.15, 0.2) is 9.84 Å². The second kappa shape index (κ2) is 8.34. The molecule has 3 rings (SSSR count). The molecule has 0 aromatic carbocycles. The number of nitrogens with zero attached hydrogens (tertiary/aromatic N) is 3. The lowest BCUT2D eigenvalue weighted by molar-refractivity contribution is -0.139. The van der Waals surface area contributed by atoms with E-state index in [2.05, 4.69) is 11.8 Å². The molecular weight excluding hydrogens is 390 g/mol. The Kier molecular flexibility index (Phi) is 6.49. The Morgan fingerprint density at radius 2 is 1.74 bits per heavy atom. The zero-order valence-corrected chi connectivity index (χ0v) is 17.7. The van der Waals surface area contributed by atoms with E-state index in [-0.39, 0.29) is 43.0 Å². The molecule has 0 aromatic rings. The first-order chi connectivity index (χ1) is 12.7. The minimum Gasteiger partial charge on any atom is -0.339 e. The van der Waals surface area contributed by atoms with E-state index in [0.29, 0.717) is 13.1 Å². The molecule has 10 heteroatoms. The number of sulfone groups is 1. The van der Waals surface area contributed by atoms with Gasteiger partial charge in [-0.25, -0.2) is 16.8 Å². The molecule has 2 unspecified atom stereocenters. The second-order valence-electron chi connectivity index (χ2n) is 7.84. The summed E-state index contributed by atoms with van der Waals surface area (Å²) < 4.78 is 50.1. The van der Waals surface area contributed by atoms with Crippen molar-refractivity contribution in [3.05, 3.63) is 0 Å². The van der Waals surface area contributed by atoms with Gasteiger partial charge in [0.1, 0.15) is 0 Å². The predicted molar refractivity (Wildman–Crippen MR) is 104 cm³/mol. The van der Waals surface area contributed by atoms with E-state index in [1.165, 1.54) is 4.31 Å². The predicted octanol–water partition coefficient (Wildman–Crippen LogP) is -0.0880. The van der Waals surface area contributed by atoms with Crippen LogP contribution < -0.4 is 0 Å². The molecular formula is C17H31N3O5S2. The summed E-state index contributed by atoms with van der Waals surface area (Å²) in [6.45, 7) is 5.26. The molecule has 0 spiro atoms. The third-order valence-corrected chi connectivity index (χ3v) is 10.2. The summed E-state index contributed by atoms with van der Waals surface area (Å²) in [5.41, 5.74) is 0. The van der Waals surface area contributed by atoms with E-state index in [4.69, 9.17) is 0 Å². The van der Waals surface area contributed by atoms with Crippen LogP contribution in [0.15, 0.2) is 0 Å². The Bertz CT molecular complexity index is 743. The van der Waals surface area contributed by atoms with Crippen LogP contribution in [0, 0.1) is 0 Å². The van der Waals surface area contributed by atoms with Crippen molar-refractivity contribution in [1.29, 1.82) is 0 Å². The van der Waals surface area contributed by atoms with Gasteiger partial charge in [0, 0.05) is 26.2 Å². The highest BCUT2D eigenvalue weighted by molar-refractivity contribution is 7.95. The van der Waals surface area contributed by atoms with Gasteiger partial charge in [0.25, 0.3) is 0 Å². The van der Waals surface area contributed by atoms with E-state index < -0.39 is 25.1 Å². The molecule has 3 aliphatic heterocycles. The maximum atomic E-state index is 13.0. The largest absolute Gasteiger partial charge is 0.339 e. The Morgan fingerprint density at radius 3 is 2.33 bits per heavy atom. The van der Waals surface area contributed by atoms with Gasteiger partial charge in [-0.3, -0.25) is 9.69 Å². The van der Waals surface area contributed by atoms with Gasteiger partial charge in [-0.2, -0.15) is 4.31 Å². The summed E-state index contributed by atoms with van der Waals surface area (Å²) in [5, 5.41) is -0.830. The molecule has 1 amide bonds. The van der Waals surface area contributed by atoms with Gasteiger partial charge >= 0.3 is 0 Å². The quantitative estimate of drug-likeness (QED) is 0.616. The average molecular weight is 422 g/mol. The molecule has 0 saturated carbocycles. The molecule has 0 radical (unpaired) electrons. The van der Waals surface area contributed by atoms with Crippen molar-refractivity contribution in [3.8, 4) is 0 Å². The fourth-order valence-electron chi connectivity index (χ4n) is 4.41. The lowest BCUT2D eigenvalue weighted by Gasteiger charge is -2.40. The number of sulfonamides is 1. The van der Waals surface area contributed by atoms with Gasteiger partial charge in [-0.1, -0.05) is 13.3 Å². The fourth-order valence-corrected chi connectivity index (χ4v) is 8.92. The van der Waals surface area contributed by atoms with Crippen LogP contribution in [0.1, 0.15) is 39.0 Å². The van der Waals surface area contributed by atoms with Crippen LogP contribution >= 0.6 is 0 Å². The van der Waals surface area contributed by atoms with E-state index >= 15 is 0 Å². The number of piperidine rings is 1. The van der Waals surface area contributed by atoms with Crippen LogP contribution in [0.2, 0.25) is 0 Å². The van der Waals surface area contributed by atoms with Gasteiger partial charge in [0.2, 0.25) is 15.9 Å². The third-order valence-electron chi connectivity index (χ3n) is 5.93. The SMILES string of the molecule is CCCN1CCCCC1C(=O)N1CCN(S(=O)(=O)C2CCS(=O)(=O)C2)CC1. The topological polar surface area (TPSA) is 95.1 Å². The molecule has 0 N–H and O–H groups in total. The lowest BCUT2D eigenvalue weighted by atomic mass is 10.0. The highest BCUT2D eigenvalue weighted by atomic mass is 32.2. The molecule has 3 fully saturated rings. The summed E-state index contributed by atoms with van der Waals surface area (Å²) in [4.78, 5) is 17.0. The first kappa shape index (κ1) is 21.0. The van der Waals surface area contributed by atoms with Crippen molar-refractivity contribution in [2.45, 2.75) is 50.3 Å². The summed E-state index contributed by atoms with van der Waals surface area (Å²) in [7, 11) is -6.86. The Balaban J connectivity index is 1.59. The zero-order chi connectivity index (χ0) is 19.7. The second-order valence-corrected chi connectivity index (χ2v) is 12.3. The van der Waals surface area contributed by atoms with Crippen molar-refractivity contribution in [2.24, 2.45) is 0 Å². The van der Waals surface area contributed by atoms with Crippen LogP contribution in [-0.4, -0.2) is 98.9 Å². The van der Waals surface area contributed by atoms with Gasteiger partial charge in [0.05, 0.1) is 22.8 Å². The van der Waals surface area contributed by atoms with Crippen molar-refractivity contribution >= 4 is 25.8 Å². The normalized spacial score (nSPS) is 30.5. The van der Waals surface area contributed by atoms with E-state index in [1.54, 1.807) is 4.90 Å². The number of amides is 1. The summed E-state index contributed by atoms with van der Waals surface area (Å²) in [6, 6.07) is -0.0816. The van der Waals surface area contributed by atoms with Crippen molar-refractivity contribution in [1.82, 2.24) is 14.1 Å². The standard InChI is InChI=1S/C17H31N3O5S2/c1-2-7-18-8-4-3-5-16(18)17(21)19-9-11-20(12-10-19)27(24,25)15-6-13-26(22,23)14-15/h15-16H,2-14H2,1H3. The first-order valence-corrected chi connectivity index (χ1v) is 13.3. The van der Waals surface area contributed by atoms with Crippen LogP contribution in [-0.2, 0) is 24.7 Å². The molecule has 156 valence electrons. The minimum absolute atomic E-state index is 0.0513. The fraction of sp³-hybridized carbons (Fsp3) is 0.941. The van der Waals surface area contributed by atoms with Crippen molar-refractivity contribution in [3.63, 3.8) is 0 Å². The minimum atomic E-state index is -3.62. The molecule has 3 saturated heterocycles. The molecule has 0 aromatic heterocycles. The van der Waals surface area contributed by atoms with Crippen LogP contribution in [0.3, 0.4) is 0 Å². The van der Waals surface area contributed by atoms with Gasteiger partial charge in [-0.05, 0) is 38.8 Å². The number of likely N-dealkylation sites (tertiary alicyclic amines) is 1. The number of carbonyl (C=O) groups excluding carboxylic acids is 1. The Hall–Kier alpha value is -0.710. The molecule has 3 heterocycles. The molecule has 2 atom stereocenters. The van der Waals surface area contributed by atoms with E-state index in [0.717, 1.165) is 38.8 Å². The molecule has 3 aliphatic rings. The Labute approximate surface area is 162 Å². The molecule has 0 aliphatic carbocycles. The van der Waals surface area contributed by atoms with Crippen molar-refractivity contribution < 1.29 is 21.6 Å². The van der Waals surface area contributed by atoms with Gasteiger partial charge < -0.3 is 4.90 Å². The van der Waals surface area contributed by atoms with Crippen molar-refractivity contribution in [2.75, 3.05) is 50.8 Å². The van der Waals surface area contributed by atoms with Crippen LogP contribution in [0.4, 0.5) is 0 Å².